The molecule has 1 saturated carbocycles. The summed E-state index contributed by atoms with van der Waals surface area (Å²) in [5.41, 5.74) is 3.56. The molecule has 2 amide bonds. The lowest BCUT2D eigenvalue weighted by Crippen LogP contribution is -2.66. The first kappa shape index (κ1) is 23.8. The summed E-state index contributed by atoms with van der Waals surface area (Å²) in [6.07, 6.45) is 9.50. The van der Waals surface area contributed by atoms with Gasteiger partial charge in [-0.1, -0.05) is 18.2 Å². The molecule has 1 aromatic carbocycles. The molecule has 6 nitrogen and oxygen atoms in total. The van der Waals surface area contributed by atoms with Crippen LogP contribution >= 0.6 is 0 Å². The number of carbonyl (C=O) groups excluding carboxylic acids is 2. The third-order valence-corrected chi connectivity index (χ3v) is 7.01. The van der Waals surface area contributed by atoms with Gasteiger partial charge in [-0.25, -0.2) is 0 Å². The first-order chi connectivity index (χ1) is 15.6. The second kappa shape index (κ2) is 9.13. The summed E-state index contributed by atoms with van der Waals surface area (Å²) in [7, 11) is 0. The lowest BCUT2D eigenvalue weighted by Gasteiger charge is -2.49. The molecule has 2 atom stereocenters. The molecule has 4 rings (SSSR count). The first-order valence-electron chi connectivity index (χ1n) is 12.4. The van der Waals surface area contributed by atoms with E-state index in [2.05, 4.69) is 73.6 Å². The molecule has 2 N–H and O–H groups in total. The molecule has 2 saturated heterocycles. The first-order valence-corrected chi connectivity index (χ1v) is 12.4. The lowest BCUT2D eigenvalue weighted by molar-refractivity contribution is -0.131. The van der Waals surface area contributed by atoms with Crippen molar-refractivity contribution in [3.05, 3.63) is 35.4 Å². The van der Waals surface area contributed by atoms with Crippen LogP contribution in [0.4, 0.5) is 5.69 Å². The van der Waals surface area contributed by atoms with Crippen LogP contribution in [0.15, 0.2) is 24.3 Å². The summed E-state index contributed by atoms with van der Waals surface area (Å²) in [5.74, 6) is 0.627. The molecule has 2 aliphatic heterocycles. The second-order valence-electron chi connectivity index (χ2n) is 11.5. The van der Waals surface area contributed by atoms with Gasteiger partial charge in [-0.2, -0.15) is 0 Å². The van der Waals surface area contributed by atoms with E-state index in [1.54, 1.807) is 4.90 Å². The van der Waals surface area contributed by atoms with E-state index in [1.807, 2.05) is 6.92 Å². The SMILES string of the molecule is C[C@H](NC(=O)C1CCCN1C=O)c1ccc(N2CC(C)(C)NC(C)(C)C2)cc1/C=C/C1CC1. The van der Waals surface area contributed by atoms with Gasteiger partial charge in [0.2, 0.25) is 12.3 Å². The predicted octanol–water partition coefficient (Wildman–Crippen LogP) is 3.87. The van der Waals surface area contributed by atoms with Gasteiger partial charge in [-0.05, 0) is 89.5 Å². The molecule has 2 heterocycles. The molecule has 0 radical (unpaired) electrons. The number of nitrogens with one attached hydrogen (secondary N) is 2. The normalized spacial score (nSPS) is 25.3. The minimum absolute atomic E-state index is 0.0252. The molecular formula is C27H40N4O2. The van der Waals surface area contributed by atoms with Crippen molar-refractivity contribution in [3.8, 4) is 0 Å². The van der Waals surface area contributed by atoms with E-state index in [0.717, 1.165) is 37.9 Å². The summed E-state index contributed by atoms with van der Waals surface area (Å²) in [5, 5.41) is 6.92. The number of piperazine rings is 1. The van der Waals surface area contributed by atoms with Crippen LogP contribution < -0.4 is 15.5 Å². The van der Waals surface area contributed by atoms with Crippen LogP contribution in [0.25, 0.3) is 6.08 Å². The van der Waals surface area contributed by atoms with Crippen molar-refractivity contribution in [1.29, 1.82) is 0 Å². The van der Waals surface area contributed by atoms with Gasteiger partial charge in [0, 0.05) is 36.4 Å². The largest absolute Gasteiger partial charge is 0.368 e. The molecular weight excluding hydrogens is 412 g/mol. The van der Waals surface area contributed by atoms with Crippen molar-refractivity contribution >= 4 is 24.1 Å². The Kier molecular flexibility index (Phi) is 6.59. The van der Waals surface area contributed by atoms with Crippen molar-refractivity contribution in [1.82, 2.24) is 15.5 Å². The Morgan fingerprint density at radius 3 is 2.48 bits per heavy atom. The zero-order valence-corrected chi connectivity index (χ0v) is 20.9. The van der Waals surface area contributed by atoms with Gasteiger partial charge < -0.3 is 20.4 Å². The Morgan fingerprint density at radius 2 is 1.85 bits per heavy atom. The topological polar surface area (TPSA) is 64.7 Å². The average molecular weight is 453 g/mol. The van der Waals surface area contributed by atoms with Crippen LogP contribution in [0, 0.1) is 5.92 Å². The van der Waals surface area contributed by atoms with E-state index in [4.69, 9.17) is 0 Å². The molecule has 180 valence electrons. The maximum atomic E-state index is 12.9. The summed E-state index contributed by atoms with van der Waals surface area (Å²) in [6, 6.07) is 6.16. The standard InChI is InChI=1S/C27H40N4O2/c1-19(28-25(33)24-7-6-14-30(24)18-32)23-13-12-22(15-21(23)11-10-20-8-9-20)31-16-26(2,3)29-27(4,5)17-31/h10-13,15,18-20,24,29H,6-9,14,16-17H2,1-5H3,(H,28,33)/b11-10+/t19-,24?/m0/s1. The zero-order valence-electron chi connectivity index (χ0n) is 20.9. The van der Waals surface area contributed by atoms with Crippen LogP contribution in [0.1, 0.15) is 77.5 Å². The van der Waals surface area contributed by atoms with Gasteiger partial charge in [0.15, 0.2) is 0 Å². The number of carbonyl (C=O) groups is 2. The molecule has 0 spiro atoms. The van der Waals surface area contributed by atoms with Gasteiger partial charge in [-0.3, -0.25) is 9.59 Å². The Labute approximate surface area is 198 Å². The fourth-order valence-corrected chi connectivity index (χ4v) is 5.60. The lowest BCUT2D eigenvalue weighted by atomic mass is 9.90. The van der Waals surface area contributed by atoms with Crippen molar-refractivity contribution in [2.45, 2.75) is 83.5 Å². The van der Waals surface area contributed by atoms with Crippen LogP contribution in [-0.2, 0) is 9.59 Å². The van der Waals surface area contributed by atoms with Crippen LogP contribution in [0.3, 0.4) is 0 Å². The predicted molar refractivity (Wildman–Crippen MR) is 134 cm³/mol. The Bertz CT molecular complexity index is 903. The van der Waals surface area contributed by atoms with E-state index in [9.17, 15) is 9.59 Å². The highest BCUT2D eigenvalue weighted by molar-refractivity contribution is 5.84. The van der Waals surface area contributed by atoms with E-state index >= 15 is 0 Å². The van der Waals surface area contributed by atoms with Gasteiger partial charge in [0.1, 0.15) is 6.04 Å². The number of amides is 2. The number of anilines is 1. The van der Waals surface area contributed by atoms with Crippen LogP contribution in [-0.4, -0.2) is 54.0 Å². The minimum Gasteiger partial charge on any atom is -0.368 e. The zero-order chi connectivity index (χ0) is 23.8. The number of hydrogen-bond donors (Lipinski definition) is 2. The smallest absolute Gasteiger partial charge is 0.243 e. The number of nitrogens with zero attached hydrogens (tertiary/aromatic N) is 2. The molecule has 33 heavy (non-hydrogen) atoms. The second-order valence-corrected chi connectivity index (χ2v) is 11.5. The number of benzene rings is 1. The molecule has 0 bridgehead atoms. The summed E-state index contributed by atoms with van der Waals surface area (Å²) >= 11 is 0. The number of rotatable bonds is 7. The molecule has 1 aliphatic carbocycles. The van der Waals surface area contributed by atoms with Gasteiger partial charge in [0.05, 0.1) is 6.04 Å². The third kappa shape index (κ3) is 5.78. The average Bonchev–Trinajstić information content (AvgIpc) is 3.43. The number of likely N-dealkylation sites (tertiary alicyclic amines) is 1. The van der Waals surface area contributed by atoms with E-state index < -0.39 is 0 Å². The molecule has 3 aliphatic rings. The summed E-state index contributed by atoms with van der Waals surface area (Å²) < 4.78 is 0. The van der Waals surface area contributed by atoms with Crippen molar-refractivity contribution in [2.75, 3.05) is 24.5 Å². The highest BCUT2D eigenvalue weighted by Crippen LogP contribution is 2.34. The quantitative estimate of drug-likeness (QED) is 0.617. The van der Waals surface area contributed by atoms with Crippen molar-refractivity contribution < 1.29 is 9.59 Å². The van der Waals surface area contributed by atoms with E-state index in [1.165, 1.54) is 24.1 Å². The maximum absolute atomic E-state index is 12.9. The molecule has 1 unspecified atom stereocenters. The van der Waals surface area contributed by atoms with Gasteiger partial charge >= 0.3 is 0 Å². The van der Waals surface area contributed by atoms with E-state index in [0.29, 0.717) is 12.5 Å². The monoisotopic (exact) mass is 452 g/mol. The molecule has 0 aromatic heterocycles. The van der Waals surface area contributed by atoms with Crippen molar-refractivity contribution in [2.24, 2.45) is 5.92 Å². The third-order valence-electron chi connectivity index (χ3n) is 7.01. The molecule has 3 fully saturated rings. The van der Waals surface area contributed by atoms with Gasteiger partial charge in [-0.15, -0.1) is 0 Å². The van der Waals surface area contributed by atoms with Crippen molar-refractivity contribution in [3.63, 3.8) is 0 Å². The number of hydrogen-bond acceptors (Lipinski definition) is 4. The fourth-order valence-electron chi connectivity index (χ4n) is 5.60. The Balaban J connectivity index is 1.57. The summed E-state index contributed by atoms with van der Waals surface area (Å²) in [6.45, 7) is 13.6. The minimum atomic E-state index is -0.347. The van der Waals surface area contributed by atoms with Crippen LogP contribution in [0.2, 0.25) is 0 Å². The van der Waals surface area contributed by atoms with E-state index in [-0.39, 0.29) is 29.1 Å². The number of allylic oxidation sites excluding steroid dienone is 1. The van der Waals surface area contributed by atoms with Gasteiger partial charge in [0.25, 0.3) is 0 Å². The Morgan fingerprint density at radius 1 is 1.15 bits per heavy atom. The highest BCUT2D eigenvalue weighted by Gasteiger charge is 2.37. The highest BCUT2D eigenvalue weighted by atomic mass is 16.2. The molecule has 6 heteroatoms. The molecule has 1 aromatic rings. The van der Waals surface area contributed by atoms with Crippen LogP contribution in [0.5, 0.6) is 0 Å². The maximum Gasteiger partial charge on any atom is 0.243 e. The fraction of sp³-hybridized carbons (Fsp3) is 0.630. The Hall–Kier alpha value is -2.34. The summed E-state index contributed by atoms with van der Waals surface area (Å²) in [4.78, 5) is 28.3.